The molecule has 11 heteroatoms. The Bertz CT molecular complexity index is 1710. The van der Waals surface area contributed by atoms with Crippen LogP contribution >= 0.6 is 23.2 Å². The number of aryl methyl sites for hydroxylation is 1. The van der Waals surface area contributed by atoms with E-state index in [0.717, 1.165) is 11.1 Å². The second-order valence-electron chi connectivity index (χ2n) is 12.2. The molecule has 1 aliphatic rings. The van der Waals surface area contributed by atoms with Crippen molar-refractivity contribution in [3.63, 3.8) is 0 Å². The van der Waals surface area contributed by atoms with Crippen molar-refractivity contribution < 1.29 is 9.18 Å². The van der Waals surface area contributed by atoms with Gasteiger partial charge in [0.05, 0.1) is 12.1 Å². The number of nitriles is 1. The first-order valence-corrected chi connectivity index (χ1v) is 14.6. The minimum absolute atomic E-state index is 0.183. The van der Waals surface area contributed by atoms with Crippen LogP contribution in [0.5, 0.6) is 0 Å². The van der Waals surface area contributed by atoms with Gasteiger partial charge in [-0.2, -0.15) is 5.26 Å². The highest BCUT2D eigenvalue weighted by Gasteiger charge is 2.60. The van der Waals surface area contributed by atoms with E-state index >= 15 is 4.39 Å². The third-order valence-electron chi connectivity index (χ3n) is 8.09. The summed E-state index contributed by atoms with van der Waals surface area (Å²) in [4.78, 5) is 14.2. The molecular formula is C32H32Cl2FN7O. The Morgan fingerprint density at radius 1 is 1.16 bits per heavy atom. The first-order chi connectivity index (χ1) is 20.4. The van der Waals surface area contributed by atoms with E-state index in [1.165, 1.54) is 6.07 Å². The molecule has 0 aliphatic carbocycles. The molecule has 0 bridgehead atoms. The summed E-state index contributed by atoms with van der Waals surface area (Å²) in [5.41, 5.74) is 1.20. The highest BCUT2D eigenvalue weighted by atomic mass is 35.5. The molecule has 1 aliphatic heterocycles. The first-order valence-electron chi connectivity index (χ1n) is 13.9. The van der Waals surface area contributed by atoms with Gasteiger partial charge in [0, 0.05) is 45.9 Å². The summed E-state index contributed by atoms with van der Waals surface area (Å²) in [6.07, 6.45) is 0.489. The molecule has 222 valence electrons. The Kier molecular flexibility index (Phi) is 8.32. The number of aromatic nitrogens is 4. The second-order valence-corrected chi connectivity index (χ2v) is 13.0. The third-order valence-corrected chi connectivity index (χ3v) is 8.74. The zero-order valence-electron chi connectivity index (χ0n) is 24.5. The summed E-state index contributed by atoms with van der Waals surface area (Å²) in [7, 11) is 1.74. The van der Waals surface area contributed by atoms with E-state index in [2.05, 4.69) is 53.0 Å². The molecule has 4 atom stereocenters. The van der Waals surface area contributed by atoms with Crippen molar-refractivity contribution in [2.24, 2.45) is 12.5 Å². The zero-order valence-corrected chi connectivity index (χ0v) is 26.0. The highest BCUT2D eigenvalue weighted by Crippen LogP contribution is 2.53. The van der Waals surface area contributed by atoms with Gasteiger partial charge in [-0.1, -0.05) is 62.2 Å². The Balaban J connectivity index is 1.63. The van der Waals surface area contributed by atoms with Gasteiger partial charge in [0.15, 0.2) is 5.82 Å². The molecule has 2 N–H and O–H groups in total. The van der Waals surface area contributed by atoms with Gasteiger partial charge in [-0.15, -0.1) is 5.10 Å². The van der Waals surface area contributed by atoms with E-state index in [0.29, 0.717) is 28.5 Å². The maximum atomic E-state index is 15.9. The fourth-order valence-corrected chi connectivity index (χ4v) is 6.49. The molecule has 4 aromatic rings. The third kappa shape index (κ3) is 5.75. The summed E-state index contributed by atoms with van der Waals surface area (Å²) < 4.78 is 17.4. The Morgan fingerprint density at radius 2 is 1.88 bits per heavy atom. The van der Waals surface area contributed by atoms with Crippen LogP contribution < -0.4 is 10.6 Å². The number of hydrogen-bond acceptors (Lipinski definition) is 6. The van der Waals surface area contributed by atoms with E-state index < -0.39 is 29.2 Å². The lowest BCUT2D eigenvalue weighted by atomic mass is 9.62. The van der Waals surface area contributed by atoms with E-state index in [-0.39, 0.29) is 21.9 Å². The number of carbonyl (C=O) groups excluding carboxylic acids is 1. The van der Waals surface area contributed by atoms with Gasteiger partial charge >= 0.3 is 0 Å². The summed E-state index contributed by atoms with van der Waals surface area (Å²) in [5, 5.41) is 29.9. The fraction of sp³-hybridized carbons (Fsp3) is 0.344. The minimum atomic E-state index is -1.47. The van der Waals surface area contributed by atoms with Gasteiger partial charge < -0.3 is 10.6 Å². The molecule has 0 radical (unpaired) electrons. The number of benzene rings is 3. The average molecular weight is 621 g/mol. The quantitative estimate of drug-likeness (QED) is 0.252. The van der Waals surface area contributed by atoms with Crippen LogP contribution in [0, 0.1) is 29.5 Å². The molecule has 1 saturated heterocycles. The predicted octanol–water partition coefficient (Wildman–Crippen LogP) is 6.59. The predicted molar refractivity (Wildman–Crippen MR) is 165 cm³/mol. The number of halogens is 3. The lowest BCUT2D eigenvalue weighted by Crippen LogP contribution is -2.44. The van der Waals surface area contributed by atoms with Gasteiger partial charge in [-0.3, -0.25) is 4.79 Å². The number of carbonyl (C=O) groups is 1. The molecule has 1 fully saturated rings. The van der Waals surface area contributed by atoms with E-state index in [9.17, 15) is 10.1 Å². The van der Waals surface area contributed by atoms with Crippen LogP contribution in [0.2, 0.25) is 10.0 Å². The smallest absolute Gasteiger partial charge is 0.242 e. The molecule has 0 saturated carbocycles. The van der Waals surface area contributed by atoms with Gasteiger partial charge in [0.25, 0.3) is 0 Å². The van der Waals surface area contributed by atoms with Crippen LogP contribution in [0.1, 0.15) is 49.8 Å². The lowest BCUT2D eigenvalue weighted by Gasteiger charge is -2.38. The van der Waals surface area contributed by atoms with Crippen molar-refractivity contribution in [2.45, 2.75) is 57.5 Å². The van der Waals surface area contributed by atoms with Crippen LogP contribution in [-0.4, -0.2) is 38.2 Å². The van der Waals surface area contributed by atoms with Crippen LogP contribution in [0.3, 0.4) is 0 Å². The molecular weight excluding hydrogens is 588 g/mol. The lowest BCUT2D eigenvalue weighted by molar-refractivity contribution is -0.118. The van der Waals surface area contributed by atoms with Crippen molar-refractivity contribution in [3.8, 4) is 17.5 Å². The molecule has 4 unspecified atom stereocenters. The number of nitrogens with zero attached hydrogens (tertiary/aromatic N) is 5. The zero-order chi connectivity index (χ0) is 31.1. The molecule has 8 nitrogen and oxygen atoms in total. The molecule has 43 heavy (non-hydrogen) atoms. The molecule has 3 aromatic carbocycles. The number of amides is 1. The van der Waals surface area contributed by atoms with Crippen LogP contribution in [0.4, 0.5) is 10.1 Å². The minimum Gasteiger partial charge on any atom is -0.325 e. The van der Waals surface area contributed by atoms with Crippen LogP contribution in [-0.2, 0) is 17.3 Å². The summed E-state index contributed by atoms with van der Waals surface area (Å²) in [6, 6.07) is 17.9. The van der Waals surface area contributed by atoms with Gasteiger partial charge in [0.2, 0.25) is 5.91 Å². The van der Waals surface area contributed by atoms with Crippen molar-refractivity contribution in [3.05, 3.63) is 93.2 Å². The maximum absolute atomic E-state index is 15.9. The highest BCUT2D eigenvalue weighted by molar-refractivity contribution is 6.31. The van der Waals surface area contributed by atoms with Crippen molar-refractivity contribution in [1.29, 1.82) is 5.26 Å². The molecule has 2 heterocycles. The second kappa shape index (κ2) is 11.7. The van der Waals surface area contributed by atoms with E-state index in [4.69, 9.17) is 23.2 Å². The Morgan fingerprint density at radius 3 is 2.49 bits per heavy atom. The summed E-state index contributed by atoms with van der Waals surface area (Å²) in [5.74, 6) is -1.17. The largest absolute Gasteiger partial charge is 0.325 e. The monoisotopic (exact) mass is 619 g/mol. The fourth-order valence-electron chi connectivity index (χ4n) is 6.15. The van der Waals surface area contributed by atoms with Crippen LogP contribution in [0.15, 0.2) is 60.7 Å². The normalized spacial score (nSPS) is 21.9. The number of hydrogen-bond donors (Lipinski definition) is 2. The van der Waals surface area contributed by atoms with Crippen molar-refractivity contribution in [2.75, 3.05) is 5.32 Å². The summed E-state index contributed by atoms with van der Waals surface area (Å²) in [6.45, 7) is 8.01. The van der Waals surface area contributed by atoms with Gasteiger partial charge in [0.1, 0.15) is 11.2 Å². The molecule has 1 amide bonds. The van der Waals surface area contributed by atoms with E-state index in [1.807, 2.05) is 25.1 Å². The van der Waals surface area contributed by atoms with Gasteiger partial charge in [-0.25, -0.2) is 9.07 Å². The average Bonchev–Trinajstić information content (AvgIpc) is 3.51. The Labute approximate surface area is 260 Å². The summed E-state index contributed by atoms with van der Waals surface area (Å²) >= 11 is 12.7. The SMILES string of the molecule is Cc1c(Cl)cccc1C1C(C(=O)Nc2ccc(-c3nnnn3C)cc2)NC(CC(C)(C)C)C1(C#N)c1ccc(Cl)cc1F. The van der Waals surface area contributed by atoms with Gasteiger partial charge in [-0.05, 0) is 82.8 Å². The Hall–Kier alpha value is -3.84. The number of anilines is 1. The number of rotatable bonds is 6. The van der Waals surface area contributed by atoms with Crippen molar-refractivity contribution in [1.82, 2.24) is 25.5 Å². The molecule has 0 spiro atoms. The standard InChI is InChI=1S/C32H32Cl2FN7O/c1-18-22(7-6-8-24(18)34)27-28(30(43)37-21-12-9-19(10-13-21)29-39-40-41-42(29)5)38-26(16-31(2,3)4)32(27,17-36)23-14-11-20(33)15-25(23)35/h6-15,26-28,38H,16H2,1-5H3,(H,37,43). The maximum Gasteiger partial charge on any atom is 0.242 e. The first kappa shape index (κ1) is 30.6. The number of nitrogens with one attached hydrogen (secondary N) is 2. The topological polar surface area (TPSA) is 109 Å². The van der Waals surface area contributed by atoms with Crippen molar-refractivity contribution >= 4 is 34.8 Å². The molecule has 5 rings (SSSR count). The molecule has 1 aromatic heterocycles. The van der Waals surface area contributed by atoms with E-state index in [1.54, 1.807) is 48.1 Å². The van der Waals surface area contributed by atoms with Crippen LogP contribution in [0.25, 0.3) is 11.4 Å². The number of tetrazole rings is 1.